The van der Waals surface area contributed by atoms with Crippen LogP contribution in [0.1, 0.15) is 25.0 Å². The molecule has 1 aromatic carbocycles. The lowest BCUT2D eigenvalue weighted by atomic mass is 10.0. The monoisotopic (exact) mass is 238 g/mol. The first-order valence-electron chi connectivity index (χ1n) is 5.52. The number of ether oxygens (including phenoxy) is 1. The Labute approximate surface area is 101 Å². The molecule has 0 heterocycles. The Kier molecular flexibility index (Phi) is 5.39. The summed E-state index contributed by atoms with van der Waals surface area (Å²) in [5.41, 5.74) is 2.32. The summed E-state index contributed by atoms with van der Waals surface area (Å²) >= 11 is 1.72. The first-order valence-corrected chi connectivity index (χ1v) is 6.75. The lowest BCUT2D eigenvalue weighted by Gasteiger charge is -2.09. The van der Waals surface area contributed by atoms with Gasteiger partial charge in [-0.05, 0) is 42.9 Å². The van der Waals surface area contributed by atoms with Crippen molar-refractivity contribution in [2.45, 2.75) is 31.6 Å². The Bertz CT molecular complexity index is 361. The fraction of sp³-hybridized carbons (Fsp3) is 0.462. The minimum Gasteiger partial charge on any atom is -0.466 e. The zero-order chi connectivity index (χ0) is 12.0. The maximum Gasteiger partial charge on any atom is 0.310 e. The topological polar surface area (TPSA) is 26.3 Å². The lowest BCUT2D eigenvalue weighted by molar-refractivity contribution is -0.142. The Morgan fingerprint density at radius 3 is 2.62 bits per heavy atom. The molecule has 2 nitrogen and oxygen atoms in total. The molecule has 1 rings (SSSR count). The number of aryl methyl sites for hydroxylation is 1. The van der Waals surface area contributed by atoms with E-state index >= 15 is 0 Å². The normalized spacial score (nSPS) is 10.2. The fourth-order valence-corrected chi connectivity index (χ4v) is 2.06. The van der Waals surface area contributed by atoms with Gasteiger partial charge in [-0.1, -0.05) is 13.0 Å². The van der Waals surface area contributed by atoms with Gasteiger partial charge in [0.2, 0.25) is 0 Å². The van der Waals surface area contributed by atoms with E-state index in [1.165, 1.54) is 10.5 Å². The highest BCUT2D eigenvalue weighted by Gasteiger charge is 2.08. The van der Waals surface area contributed by atoms with Crippen LogP contribution in [0.3, 0.4) is 0 Å². The van der Waals surface area contributed by atoms with Crippen molar-refractivity contribution < 1.29 is 9.53 Å². The summed E-state index contributed by atoms with van der Waals surface area (Å²) in [4.78, 5) is 12.6. The highest BCUT2D eigenvalue weighted by molar-refractivity contribution is 7.98. The zero-order valence-electron chi connectivity index (χ0n) is 10.1. The van der Waals surface area contributed by atoms with E-state index in [0.29, 0.717) is 13.0 Å². The second-order valence-electron chi connectivity index (χ2n) is 3.47. The van der Waals surface area contributed by atoms with Gasteiger partial charge in [-0.2, -0.15) is 0 Å². The SMILES string of the molecule is CCOC(=O)Cc1ccc(SC)cc1CC. The van der Waals surface area contributed by atoms with E-state index in [1.807, 2.05) is 13.0 Å². The van der Waals surface area contributed by atoms with Gasteiger partial charge < -0.3 is 4.74 Å². The minimum atomic E-state index is -0.144. The lowest BCUT2D eigenvalue weighted by Crippen LogP contribution is -2.09. The molecule has 0 aliphatic heterocycles. The second kappa shape index (κ2) is 6.59. The predicted molar refractivity (Wildman–Crippen MR) is 67.9 cm³/mol. The molecule has 0 aromatic heterocycles. The molecule has 16 heavy (non-hydrogen) atoms. The van der Waals surface area contributed by atoms with Crippen LogP contribution in [0.15, 0.2) is 23.1 Å². The number of carbonyl (C=O) groups is 1. The average Bonchev–Trinajstić information content (AvgIpc) is 2.30. The maximum atomic E-state index is 11.4. The number of thioether (sulfide) groups is 1. The number of carbonyl (C=O) groups excluding carboxylic acids is 1. The summed E-state index contributed by atoms with van der Waals surface area (Å²) in [6.45, 7) is 4.38. The number of rotatable bonds is 5. The van der Waals surface area contributed by atoms with E-state index in [-0.39, 0.29) is 5.97 Å². The quantitative estimate of drug-likeness (QED) is 0.582. The fourth-order valence-electron chi connectivity index (χ4n) is 1.60. The minimum absolute atomic E-state index is 0.144. The Morgan fingerprint density at radius 2 is 2.06 bits per heavy atom. The third kappa shape index (κ3) is 3.56. The van der Waals surface area contributed by atoms with Gasteiger partial charge in [0.15, 0.2) is 0 Å². The molecule has 0 atom stereocenters. The van der Waals surface area contributed by atoms with Crippen LogP contribution in [0.5, 0.6) is 0 Å². The predicted octanol–water partition coefficient (Wildman–Crippen LogP) is 3.08. The molecule has 0 bridgehead atoms. The Hall–Kier alpha value is -0.960. The van der Waals surface area contributed by atoms with Crippen LogP contribution in [-0.4, -0.2) is 18.8 Å². The number of hydrogen-bond acceptors (Lipinski definition) is 3. The summed E-state index contributed by atoms with van der Waals surface area (Å²) in [6.07, 6.45) is 3.38. The smallest absolute Gasteiger partial charge is 0.310 e. The standard InChI is InChI=1S/C13H18O2S/c1-4-10-8-12(16-3)7-6-11(10)9-13(14)15-5-2/h6-8H,4-5,9H2,1-3H3. The molecule has 0 aliphatic carbocycles. The third-order valence-corrected chi connectivity index (χ3v) is 3.16. The van der Waals surface area contributed by atoms with Crippen molar-refractivity contribution in [2.24, 2.45) is 0 Å². The molecule has 1 aromatic rings. The highest BCUT2D eigenvalue weighted by atomic mass is 32.2. The van der Waals surface area contributed by atoms with Gasteiger partial charge in [0.25, 0.3) is 0 Å². The van der Waals surface area contributed by atoms with Crippen molar-refractivity contribution in [2.75, 3.05) is 12.9 Å². The van der Waals surface area contributed by atoms with Crippen molar-refractivity contribution in [3.63, 3.8) is 0 Å². The number of esters is 1. The van der Waals surface area contributed by atoms with Crippen LogP contribution >= 0.6 is 11.8 Å². The van der Waals surface area contributed by atoms with E-state index in [0.717, 1.165) is 12.0 Å². The van der Waals surface area contributed by atoms with Gasteiger partial charge in [-0.3, -0.25) is 4.79 Å². The molecular weight excluding hydrogens is 220 g/mol. The highest BCUT2D eigenvalue weighted by Crippen LogP contribution is 2.20. The summed E-state index contributed by atoms with van der Waals surface area (Å²) in [5, 5.41) is 0. The largest absolute Gasteiger partial charge is 0.466 e. The van der Waals surface area contributed by atoms with Crippen molar-refractivity contribution in [3.8, 4) is 0 Å². The van der Waals surface area contributed by atoms with Crippen LogP contribution in [0.25, 0.3) is 0 Å². The van der Waals surface area contributed by atoms with E-state index < -0.39 is 0 Å². The van der Waals surface area contributed by atoms with Crippen LogP contribution < -0.4 is 0 Å². The molecule has 3 heteroatoms. The van der Waals surface area contributed by atoms with E-state index in [9.17, 15) is 4.79 Å². The van der Waals surface area contributed by atoms with E-state index in [2.05, 4.69) is 25.3 Å². The maximum absolute atomic E-state index is 11.4. The molecule has 0 amide bonds. The first-order chi connectivity index (χ1) is 7.71. The van der Waals surface area contributed by atoms with Gasteiger partial charge in [0.05, 0.1) is 13.0 Å². The Balaban J connectivity index is 2.83. The van der Waals surface area contributed by atoms with E-state index in [4.69, 9.17) is 4.74 Å². The average molecular weight is 238 g/mol. The number of hydrogen-bond donors (Lipinski definition) is 0. The molecule has 0 N–H and O–H groups in total. The van der Waals surface area contributed by atoms with Gasteiger partial charge in [-0.25, -0.2) is 0 Å². The third-order valence-electron chi connectivity index (χ3n) is 2.43. The van der Waals surface area contributed by atoms with E-state index in [1.54, 1.807) is 11.8 Å². The Morgan fingerprint density at radius 1 is 1.31 bits per heavy atom. The van der Waals surface area contributed by atoms with Crippen molar-refractivity contribution >= 4 is 17.7 Å². The first kappa shape index (κ1) is 13.1. The molecule has 88 valence electrons. The summed E-state index contributed by atoms with van der Waals surface area (Å²) in [7, 11) is 0. The van der Waals surface area contributed by atoms with Gasteiger partial charge in [-0.15, -0.1) is 11.8 Å². The van der Waals surface area contributed by atoms with Gasteiger partial charge >= 0.3 is 5.97 Å². The molecular formula is C13H18O2S. The molecule has 0 aliphatic rings. The van der Waals surface area contributed by atoms with Crippen molar-refractivity contribution in [1.82, 2.24) is 0 Å². The van der Waals surface area contributed by atoms with Gasteiger partial charge in [0, 0.05) is 4.90 Å². The number of benzene rings is 1. The second-order valence-corrected chi connectivity index (χ2v) is 4.35. The summed E-state index contributed by atoms with van der Waals surface area (Å²) < 4.78 is 4.96. The molecule has 0 fully saturated rings. The van der Waals surface area contributed by atoms with Crippen molar-refractivity contribution in [3.05, 3.63) is 29.3 Å². The molecule has 0 unspecified atom stereocenters. The summed E-state index contributed by atoms with van der Waals surface area (Å²) in [5.74, 6) is -0.144. The molecule has 0 spiro atoms. The zero-order valence-corrected chi connectivity index (χ0v) is 10.9. The summed E-state index contributed by atoms with van der Waals surface area (Å²) in [6, 6.07) is 6.24. The van der Waals surface area contributed by atoms with Crippen LogP contribution in [0.2, 0.25) is 0 Å². The molecule has 0 saturated heterocycles. The molecule has 0 saturated carbocycles. The van der Waals surface area contributed by atoms with Crippen LogP contribution in [0, 0.1) is 0 Å². The van der Waals surface area contributed by atoms with Crippen molar-refractivity contribution in [1.29, 1.82) is 0 Å². The van der Waals surface area contributed by atoms with Gasteiger partial charge in [0.1, 0.15) is 0 Å². The van der Waals surface area contributed by atoms with Crippen LogP contribution in [-0.2, 0) is 22.4 Å². The molecule has 0 radical (unpaired) electrons. The van der Waals surface area contributed by atoms with Crippen LogP contribution in [0.4, 0.5) is 0 Å².